The molecule has 4 fully saturated rings. The van der Waals surface area contributed by atoms with Gasteiger partial charge in [0, 0.05) is 19.0 Å². The number of amides is 4. The largest absolute Gasteiger partial charge is 0.463 e. The Morgan fingerprint density at radius 1 is 1.14 bits per heavy atom. The molecule has 0 unspecified atom stereocenters. The summed E-state index contributed by atoms with van der Waals surface area (Å²) < 4.78 is 72.3. The molecule has 2 aliphatic heterocycles. The number of allylic oxidation sites excluding steroid dienone is 2. The molecule has 4 amide bonds. The molecule has 230 valence electrons. The number of rotatable bonds is 10. The van der Waals surface area contributed by atoms with Gasteiger partial charge >= 0.3 is 18.0 Å². The van der Waals surface area contributed by atoms with E-state index in [0.717, 1.165) is 11.3 Å². The maximum atomic E-state index is 13.9. The lowest BCUT2D eigenvalue weighted by atomic mass is 9.81. The average molecular weight is 602 g/mol. The van der Waals surface area contributed by atoms with Crippen molar-refractivity contribution in [2.24, 2.45) is 29.6 Å². The van der Waals surface area contributed by atoms with E-state index in [4.69, 9.17) is 4.74 Å². The van der Waals surface area contributed by atoms with Gasteiger partial charge in [0.2, 0.25) is 17.7 Å². The number of ether oxygens (including phenoxy) is 1. The van der Waals surface area contributed by atoms with Crippen LogP contribution in [-0.2, 0) is 23.9 Å². The summed E-state index contributed by atoms with van der Waals surface area (Å²) in [5.74, 6) is -11.5. The van der Waals surface area contributed by atoms with E-state index in [9.17, 15) is 46.4 Å². The van der Waals surface area contributed by atoms with Crippen molar-refractivity contribution in [3.05, 3.63) is 12.2 Å². The van der Waals surface area contributed by atoms with Crippen LogP contribution in [0.15, 0.2) is 12.2 Å². The van der Waals surface area contributed by atoms with Crippen LogP contribution >= 0.6 is 0 Å². The van der Waals surface area contributed by atoms with E-state index < -0.39 is 60.0 Å². The van der Waals surface area contributed by atoms with Crippen molar-refractivity contribution >= 4 is 23.6 Å². The molecule has 0 spiro atoms. The number of carbonyl (C=O) groups is 4. The lowest BCUT2D eigenvalue weighted by Crippen LogP contribution is -2.62. The minimum Gasteiger partial charge on any atom is -0.373 e. The van der Waals surface area contributed by atoms with Crippen LogP contribution in [0.4, 0.5) is 22.0 Å². The normalized spacial score (nSPS) is 32.1. The zero-order valence-corrected chi connectivity index (χ0v) is 22.7. The Hall–Kier alpha value is -3.28. The van der Waals surface area contributed by atoms with Crippen molar-refractivity contribution in [3.8, 4) is 6.07 Å². The number of hydrogen-bond donors (Lipinski definition) is 3. The molecule has 2 saturated heterocycles. The summed E-state index contributed by atoms with van der Waals surface area (Å²) in [5.41, 5.74) is 0. The molecule has 15 heteroatoms. The molecular formula is C27H32F5N5O5. The molecule has 9 atom stereocenters. The molecule has 0 aromatic heterocycles. The number of nitrogens with zero attached hydrogens (tertiary/aromatic N) is 2. The fourth-order valence-corrected chi connectivity index (χ4v) is 6.84. The van der Waals surface area contributed by atoms with Gasteiger partial charge in [-0.2, -0.15) is 27.2 Å². The lowest BCUT2D eigenvalue weighted by Gasteiger charge is -2.34. The second-order valence-electron chi connectivity index (χ2n) is 11.9. The second-order valence-corrected chi connectivity index (χ2v) is 11.9. The molecule has 2 saturated carbocycles. The highest BCUT2D eigenvalue weighted by atomic mass is 19.4. The van der Waals surface area contributed by atoms with Gasteiger partial charge in [0.05, 0.1) is 18.3 Å². The summed E-state index contributed by atoms with van der Waals surface area (Å²) in [6.45, 7) is 1.75. The van der Waals surface area contributed by atoms with Crippen molar-refractivity contribution in [2.75, 3.05) is 13.1 Å². The second kappa shape index (κ2) is 11.1. The summed E-state index contributed by atoms with van der Waals surface area (Å²) >= 11 is 0. The Morgan fingerprint density at radius 2 is 1.83 bits per heavy atom. The maximum absolute atomic E-state index is 13.9. The molecule has 5 aliphatic rings. The van der Waals surface area contributed by atoms with E-state index in [0.29, 0.717) is 25.8 Å². The number of nitrogens with one attached hydrogen (secondary N) is 3. The van der Waals surface area contributed by atoms with Crippen molar-refractivity contribution in [1.29, 1.82) is 5.26 Å². The van der Waals surface area contributed by atoms with Crippen molar-refractivity contribution in [1.82, 2.24) is 20.9 Å². The number of hydrogen-bond acceptors (Lipinski definition) is 6. The Kier molecular flexibility index (Phi) is 7.97. The standard InChI is InChI=1S/C27H32F5N5O5/c1-12(42-17-4-5-17)20(36-25(41)26(28,29)27(30,31)32)24(40)37-11-18-13-2-3-14(8-13)19(18)21(37)23(39)35-16(10-33)9-15-6-7-34-22(15)38/h2-3,12-21H,4-9,11H2,1H3,(H,34,38)(H,35,39)(H,36,41)/t12-,13-,14+,15+,16+,18-,19+,20+,21+/m1/s1. The highest BCUT2D eigenvalue weighted by Gasteiger charge is 2.64. The number of likely N-dealkylation sites (tertiary alicyclic amines) is 1. The van der Waals surface area contributed by atoms with Crippen LogP contribution in [0.1, 0.15) is 39.0 Å². The fourth-order valence-electron chi connectivity index (χ4n) is 6.84. The SMILES string of the molecule is C[C@@H](OC1CC1)[C@H](NC(=O)C(F)(F)C(F)(F)F)C(=O)N1C[C@H]2[C@@H]([C@H]1C(=O)N[C@H](C#N)C[C@@H]1CCNC1=O)[C@H]1C=C[C@@H]2C1. The van der Waals surface area contributed by atoms with Gasteiger partial charge in [0.25, 0.3) is 0 Å². The molecule has 0 aromatic carbocycles. The molecule has 2 bridgehead atoms. The molecule has 42 heavy (non-hydrogen) atoms. The van der Waals surface area contributed by atoms with Crippen LogP contribution < -0.4 is 16.0 Å². The van der Waals surface area contributed by atoms with Gasteiger partial charge in [-0.25, -0.2) is 0 Å². The van der Waals surface area contributed by atoms with E-state index in [1.54, 1.807) is 5.32 Å². The lowest BCUT2D eigenvalue weighted by molar-refractivity contribution is -0.270. The molecule has 0 aromatic rings. The van der Waals surface area contributed by atoms with E-state index in [1.165, 1.54) is 6.92 Å². The minimum atomic E-state index is -6.19. The third-order valence-corrected chi connectivity index (χ3v) is 9.10. The summed E-state index contributed by atoms with van der Waals surface area (Å²) in [6, 6.07) is -2.19. The van der Waals surface area contributed by atoms with Gasteiger partial charge in [-0.1, -0.05) is 12.2 Å². The van der Waals surface area contributed by atoms with Crippen LogP contribution in [0.2, 0.25) is 0 Å². The Balaban J connectivity index is 1.39. The number of fused-ring (bicyclic) bond motifs is 5. The van der Waals surface area contributed by atoms with Gasteiger partial charge in [0.15, 0.2) is 0 Å². The van der Waals surface area contributed by atoms with E-state index in [-0.39, 0.29) is 48.6 Å². The number of nitriles is 1. The molecule has 5 rings (SSSR count). The predicted octanol–water partition coefficient (Wildman–Crippen LogP) is 1.42. The molecule has 0 radical (unpaired) electrons. The Morgan fingerprint density at radius 3 is 2.43 bits per heavy atom. The number of carbonyl (C=O) groups excluding carboxylic acids is 4. The highest BCUT2D eigenvalue weighted by molar-refractivity contribution is 5.95. The first kappa shape index (κ1) is 30.2. The third kappa shape index (κ3) is 5.57. The average Bonchev–Trinajstić information content (AvgIpc) is 3.27. The summed E-state index contributed by atoms with van der Waals surface area (Å²) in [4.78, 5) is 53.0. The molecule has 2 heterocycles. The van der Waals surface area contributed by atoms with Crippen molar-refractivity contribution in [3.63, 3.8) is 0 Å². The smallest absolute Gasteiger partial charge is 0.373 e. The van der Waals surface area contributed by atoms with Crippen molar-refractivity contribution < 1.29 is 45.9 Å². The zero-order chi connectivity index (χ0) is 30.6. The molecule has 10 nitrogen and oxygen atoms in total. The molecular weight excluding hydrogens is 569 g/mol. The Labute approximate surface area is 238 Å². The quantitative estimate of drug-likeness (QED) is 0.256. The molecule has 3 aliphatic carbocycles. The summed E-state index contributed by atoms with van der Waals surface area (Å²) in [7, 11) is 0. The third-order valence-electron chi connectivity index (χ3n) is 9.10. The van der Waals surface area contributed by atoms with Crippen LogP contribution in [0.5, 0.6) is 0 Å². The van der Waals surface area contributed by atoms with Crippen LogP contribution in [-0.4, -0.2) is 84.1 Å². The maximum Gasteiger partial charge on any atom is 0.463 e. The van der Waals surface area contributed by atoms with Crippen LogP contribution in [0, 0.1) is 40.9 Å². The van der Waals surface area contributed by atoms with E-state index in [1.807, 2.05) is 18.2 Å². The zero-order valence-electron chi connectivity index (χ0n) is 22.7. The first-order chi connectivity index (χ1) is 19.7. The first-order valence-corrected chi connectivity index (χ1v) is 14.1. The number of alkyl halides is 5. The monoisotopic (exact) mass is 601 g/mol. The minimum absolute atomic E-state index is 0.00747. The first-order valence-electron chi connectivity index (χ1n) is 14.1. The van der Waals surface area contributed by atoms with Gasteiger partial charge in [-0.15, -0.1) is 0 Å². The van der Waals surface area contributed by atoms with Crippen LogP contribution in [0.25, 0.3) is 0 Å². The van der Waals surface area contributed by atoms with Gasteiger partial charge in [0.1, 0.15) is 18.1 Å². The van der Waals surface area contributed by atoms with Gasteiger partial charge in [-0.05, 0) is 62.7 Å². The molecule has 3 N–H and O–H groups in total. The van der Waals surface area contributed by atoms with E-state index in [2.05, 4.69) is 10.6 Å². The predicted molar refractivity (Wildman–Crippen MR) is 133 cm³/mol. The highest BCUT2D eigenvalue weighted by Crippen LogP contribution is 2.54. The summed E-state index contributed by atoms with van der Waals surface area (Å²) in [5, 5.41) is 16.6. The number of halogens is 5. The topological polar surface area (TPSA) is 141 Å². The van der Waals surface area contributed by atoms with Crippen LogP contribution in [0.3, 0.4) is 0 Å². The summed E-state index contributed by atoms with van der Waals surface area (Å²) in [6.07, 6.45) is -1.41. The fraction of sp³-hybridized carbons (Fsp3) is 0.741. The Bertz CT molecular complexity index is 1200. The van der Waals surface area contributed by atoms with Gasteiger partial charge in [-0.3, -0.25) is 19.2 Å². The van der Waals surface area contributed by atoms with E-state index >= 15 is 0 Å². The van der Waals surface area contributed by atoms with Gasteiger partial charge < -0.3 is 25.6 Å². The van der Waals surface area contributed by atoms with Crippen molar-refractivity contribution in [2.45, 2.75) is 81.5 Å².